The van der Waals surface area contributed by atoms with Gasteiger partial charge in [0.05, 0.1) is 31.0 Å². The number of anilines is 1. The number of methoxy groups -OCH3 is 1. The molecule has 2 aromatic carbocycles. The third kappa shape index (κ3) is 5.32. The quantitative estimate of drug-likeness (QED) is 0.519. The second-order valence-corrected chi connectivity index (χ2v) is 8.29. The van der Waals surface area contributed by atoms with Crippen molar-refractivity contribution in [3.63, 3.8) is 0 Å². The van der Waals surface area contributed by atoms with Crippen LogP contribution >= 0.6 is 0 Å². The predicted molar refractivity (Wildman–Crippen MR) is 128 cm³/mol. The van der Waals surface area contributed by atoms with Gasteiger partial charge in [-0.3, -0.25) is 4.90 Å². The average Bonchev–Trinajstić information content (AvgIpc) is 2.85. The van der Waals surface area contributed by atoms with Gasteiger partial charge in [-0.05, 0) is 36.8 Å². The number of carbonyl (C=O) groups is 2. The van der Waals surface area contributed by atoms with Crippen LogP contribution in [0.15, 0.2) is 53.7 Å². The molecule has 2 heterocycles. The molecule has 0 spiro atoms. The molecule has 2 aliphatic rings. The summed E-state index contributed by atoms with van der Waals surface area (Å²) in [6, 6.07) is 10.1. The van der Waals surface area contributed by atoms with Gasteiger partial charge in [0.25, 0.3) is 0 Å². The van der Waals surface area contributed by atoms with Crippen molar-refractivity contribution in [2.24, 2.45) is 0 Å². The molecule has 35 heavy (non-hydrogen) atoms. The van der Waals surface area contributed by atoms with Crippen LogP contribution in [-0.2, 0) is 9.53 Å². The van der Waals surface area contributed by atoms with E-state index < -0.39 is 18.0 Å². The van der Waals surface area contributed by atoms with Crippen molar-refractivity contribution in [3.05, 3.63) is 65.1 Å². The van der Waals surface area contributed by atoms with Crippen LogP contribution in [0.1, 0.15) is 18.5 Å². The van der Waals surface area contributed by atoms with Gasteiger partial charge in [0.15, 0.2) is 11.5 Å². The summed E-state index contributed by atoms with van der Waals surface area (Å²) in [5, 5.41) is 15.6. The van der Waals surface area contributed by atoms with Crippen molar-refractivity contribution in [3.8, 4) is 11.5 Å². The molecule has 1 atom stereocenters. The minimum absolute atomic E-state index is 0.0348. The van der Waals surface area contributed by atoms with Crippen molar-refractivity contribution in [2.45, 2.75) is 13.0 Å². The molecule has 3 N–H and O–H groups in total. The molecule has 2 aliphatic heterocycles. The van der Waals surface area contributed by atoms with Gasteiger partial charge in [-0.2, -0.15) is 0 Å². The summed E-state index contributed by atoms with van der Waals surface area (Å²) in [5.74, 6) is -0.612. The summed E-state index contributed by atoms with van der Waals surface area (Å²) in [4.78, 5) is 29.5. The summed E-state index contributed by atoms with van der Waals surface area (Å²) in [6.45, 7) is 4.90. The fraction of sp³-hybridized carbons (Fsp3) is 0.360. The number of ether oxygens (including phenoxy) is 2. The number of amides is 2. The Morgan fingerprint density at radius 3 is 2.60 bits per heavy atom. The maximum atomic E-state index is 14.2. The number of carbonyl (C=O) groups excluding carboxylic acids is 2. The molecular formula is C25H29FN4O5. The second kappa shape index (κ2) is 10.6. The van der Waals surface area contributed by atoms with Crippen molar-refractivity contribution in [1.29, 1.82) is 0 Å². The van der Waals surface area contributed by atoms with Crippen LogP contribution in [0.3, 0.4) is 0 Å². The maximum absolute atomic E-state index is 14.2. The van der Waals surface area contributed by atoms with E-state index >= 15 is 0 Å². The van der Waals surface area contributed by atoms with E-state index in [0.717, 1.165) is 0 Å². The van der Waals surface area contributed by atoms with Crippen LogP contribution in [-0.4, -0.2) is 68.4 Å². The highest BCUT2D eigenvalue weighted by atomic mass is 19.1. The molecule has 1 saturated heterocycles. The number of nitrogens with zero attached hydrogens (tertiary/aromatic N) is 2. The van der Waals surface area contributed by atoms with E-state index in [2.05, 4.69) is 15.5 Å². The minimum Gasteiger partial charge on any atom is -0.504 e. The number of urea groups is 1. The van der Waals surface area contributed by atoms with Gasteiger partial charge in [0.2, 0.25) is 0 Å². The molecule has 0 unspecified atom stereocenters. The zero-order valence-corrected chi connectivity index (χ0v) is 19.7. The lowest BCUT2D eigenvalue weighted by Crippen LogP contribution is -2.51. The predicted octanol–water partition coefficient (Wildman–Crippen LogP) is 2.53. The fourth-order valence-electron chi connectivity index (χ4n) is 4.40. The van der Waals surface area contributed by atoms with Gasteiger partial charge < -0.3 is 30.1 Å². The number of halogens is 1. The van der Waals surface area contributed by atoms with Crippen LogP contribution in [0.5, 0.6) is 11.5 Å². The van der Waals surface area contributed by atoms with E-state index in [9.17, 15) is 19.1 Å². The molecule has 9 nitrogen and oxygen atoms in total. The van der Waals surface area contributed by atoms with Gasteiger partial charge >= 0.3 is 12.0 Å². The number of phenols is 1. The van der Waals surface area contributed by atoms with Gasteiger partial charge in [-0.1, -0.05) is 18.2 Å². The molecule has 0 aromatic heterocycles. The Kier molecular flexibility index (Phi) is 7.40. The Morgan fingerprint density at radius 1 is 1.17 bits per heavy atom. The molecule has 0 saturated carbocycles. The largest absolute Gasteiger partial charge is 0.504 e. The summed E-state index contributed by atoms with van der Waals surface area (Å²) >= 11 is 0. The molecule has 0 radical (unpaired) electrons. The van der Waals surface area contributed by atoms with Gasteiger partial charge in [-0.15, -0.1) is 0 Å². The highest BCUT2D eigenvalue weighted by Crippen LogP contribution is 2.34. The lowest BCUT2D eigenvalue weighted by atomic mass is 9.94. The summed E-state index contributed by atoms with van der Waals surface area (Å²) in [7, 11) is 1.29. The van der Waals surface area contributed by atoms with Gasteiger partial charge in [-0.25, -0.2) is 14.0 Å². The van der Waals surface area contributed by atoms with E-state index in [1.54, 1.807) is 31.2 Å². The monoisotopic (exact) mass is 484 g/mol. The Bertz CT molecular complexity index is 1130. The fourth-order valence-corrected chi connectivity index (χ4v) is 4.40. The van der Waals surface area contributed by atoms with Crippen LogP contribution < -0.4 is 20.3 Å². The summed E-state index contributed by atoms with van der Waals surface area (Å²) in [6.07, 6.45) is 0. The number of para-hydroxylation sites is 1. The van der Waals surface area contributed by atoms with Crippen LogP contribution in [0.4, 0.5) is 14.9 Å². The SMILES string of the molecule is CCOc1cc([C@@H]2NC(=O)NC(CN3CCN(c4ccccc4F)CC3)=C2C(=O)OC)ccc1O. The molecule has 4 rings (SSSR count). The molecular weight excluding hydrogens is 455 g/mol. The highest BCUT2D eigenvalue weighted by Gasteiger charge is 2.35. The molecule has 0 bridgehead atoms. The minimum atomic E-state index is -0.786. The topological polar surface area (TPSA) is 103 Å². The molecule has 2 aromatic rings. The summed E-state index contributed by atoms with van der Waals surface area (Å²) < 4.78 is 24.7. The van der Waals surface area contributed by atoms with Crippen LogP contribution in [0.25, 0.3) is 0 Å². The second-order valence-electron chi connectivity index (χ2n) is 8.29. The normalized spacial score (nSPS) is 18.7. The van der Waals surface area contributed by atoms with Crippen molar-refractivity contribution < 1.29 is 28.6 Å². The number of rotatable bonds is 7. The number of hydrogen-bond donors (Lipinski definition) is 3. The first-order valence-corrected chi connectivity index (χ1v) is 11.5. The van der Waals surface area contributed by atoms with Gasteiger partial charge in [0, 0.05) is 38.4 Å². The first kappa shape index (κ1) is 24.3. The lowest BCUT2D eigenvalue weighted by Gasteiger charge is -2.38. The zero-order valence-electron chi connectivity index (χ0n) is 19.7. The van der Waals surface area contributed by atoms with Gasteiger partial charge in [0.1, 0.15) is 5.82 Å². The average molecular weight is 485 g/mol. The molecule has 0 aliphatic carbocycles. The first-order valence-electron chi connectivity index (χ1n) is 11.5. The Balaban J connectivity index is 1.58. The molecule has 186 valence electrons. The van der Waals surface area contributed by atoms with E-state index in [1.807, 2.05) is 11.0 Å². The van der Waals surface area contributed by atoms with Crippen molar-refractivity contribution in [1.82, 2.24) is 15.5 Å². The number of phenolic OH excluding ortho intramolecular Hbond substituents is 1. The third-order valence-corrected chi connectivity index (χ3v) is 6.12. The highest BCUT2D eigenvalue weighted by molar-refractivity contribution is 5.95. The molecule has 1 fully saturated rings. The van der Waals surface area contributed by atoms with E-state index in [4.69, 9.17) is 9.47 Å². The number of nitrogens with one attached hydrogen (secondary N) is 2. The van der Waals surface area contributed by atoms with Crippen LogP contribution in [0, 0.1) is 5.82 Å². The number of hydrogen-bond acceptors (Lipinski definition) is 7. The Hall–Kier alpha value is -3.79. The standard InChI is InChI=1S/C25H29FN4O5/c1-3-35-21-14-16(8-9-20(21)31)23-22(24(32)34-2)18(27-25(33)28-23)15-29-10-12-30(13-11-29)19-7-5-4-6-17(19)26/h4-9,14,23,31H,3,10-13,15H2,1-2H3,(H2,27,28,33)/t23-/m0/s1. The first-order chi connectivity index (χ1) is 16.9. The van der Waals surface area contributed by atoms with E-state index in [1.165, 1.54) is 19.2 Å². The zero-order chi connectivity index (χ0) is 24.9. The number of piperazine rings is 1. The smallest absolute Gasteiger partial charge is 0.338 e. The Labute approximate surface area is 203 Å². The maximum Gasteiger partial charge on any atom is 0.338 e. The number of esters is 1. The van der Waals surface area contributed by atoms with E-state index in [-0.39, 0.29) is 22.9 Å². The third-order valence-electron chi connectivity index (χ3n) is 6.12. The van der Waals surface area contributed by atoms with Crippen molar-refractivity contribution in [2.75, 3.05) is 51.3 Å². The molecule has 2 amide bonds. The summed E-state index contributed by atoms with van der Waals surface area (Å²) in [5.41, 5.74) is 1.85. The van der Waals surface area contributed by atoms with E-state index in [0.29, 0.717) is 56.3 Å². The number of benzene rings is 2. The number of aromatic hydroxyl groups is 1. The molecule has 10 heteroatoms. The van der Waals surface area contributed by atoms with Crippen LogP contribution in [0.2, 0.25) is 0 Å². The van der Waals surface area contributed by atoms with Crippen molar-refractivity contribution >= 4 is 17.7 Å². The Morgan fingerprint density at radius 2 is 1.91 bits per heavy atom. The lowest BCUT2D eigenvalue weighted by molar-refractivity contribution is -0.136.